The van der Waals surface area contributed by atoms with Crippen molar-refractivity contribution in [1.29, 1.82) is 0 Å². The summed E-state index contributed by atoms with van der Waals surface area (Å²) >= 11 is 0. The average Bonchev–Trinajstić information content (AvgIpc) is 3.20. The second-order valence-corrected chi connectivity index (χ2v) is 7.60. The fraction of sp³-hybridized carbons (Fsp3) is 0.474. The molecular weight excluding hydrogens is 358 g/mol. The Morgan fingerprint density at radius 1 is 1.21 bits per heavy atom. The Kier molecular flexibility index (Phi) is 5.81. The number of rotatable bonds is 3. The Bertz CT molecular complexity index is 819. The number of piperazine rings is 1. The summed E-state index contributed by atoms with van der Waals surface area (Å²) in [6.07, 6.45) is 5.00. The van der Waals surface area contributed by atoms with Gasteiger partial charge in [-0.3, -0.25) is 0 Å². The lowest BCUT2D eigenvalue weighted by Crippen LogP contribution is -2.53. The van der Waals surface area contributed by atoms with Crippen LogP contribution < -0.4 is 5.73 Å². The van der Waals surface area contributed by atoms with Crippen molar-refractivity contribution in [2.45, 2.75) is 32.9 Å². The topological polar surface area (TPSA) is 102 Å². The molecule has 1 fully saturated rings. The molecule has 0 spiro atoms. The summed E-state index contributed by atoms with van der Waals surface area (Å²) in [5.41, 5.74) is 6.66. The molecule has 9 heteroatoms. The van der Waals surface area contributed by atoms with E-state index in [-0.39, 0.29) is 6.09 Å². The van der Waals surface area contributed by atoms with Crippen LogP contribution in [-0.4, -0.2) is 68.4 Å². The Hall–Kier alpha value is -3.10. The Balaban J connectivity index is 1.54. The van der Waals surface area contributed by atoms with Crippen molar-refractivity contribution >= 4 is 12.1 Å². The van der Waals surface area contributed by atoms with Gasteiger partial charge in [-0.25, -0.2) is 19.5 Å². The Morgan fingerprint density at radius 2 is 1.93 bits per heavy atom. The van der Waals surface area contributed by atoms with E-state index in [9.17, 15) is 4.79 Å². The van der Waals surface area contributed by atoms with E-state index in [1.54, 1.807) is 22.0 Å². The first-order valence-electron chi connectivity index (χ1n) is 9.29. The van der Waals surface area contributed by atoms with Gasteiger partial charge in [0, 0.05) is 44.8 Å². The fourth-order valence-corrected chi connectivity index (χ4v) is 2.81. The molecule has 1 amide bonds. The molecule has 2 aromatic heterocycles. The van der Waals surface area contributed by atoms with Gasteiger partial charge < -0.3 is 20.3 Å². The van der Waals surface area contributed by atoms with E-state index in [1.165, 1.54) is 0 Å². The molecule has 28 heavy (non-hydrogen) atoms. The molecule has 1 saturated heterocycles. The summed E-state index contributed by atoms with van der Waals surface area (Å²) in [7, 11) is 0. The number of hydrogen-bond donors (Lipinski definition) is 1. The molecule has 0 radical (unpaired) electrons. The van der Waals surface area contributed by atoms with Gasteiger partial charge in [-0.1, -0.05) is 0 Å². The van der Waals surface area contributed by atoms with E-state index >= 15 is 0 Å². The molecule has 2 N–H and O–H groups in total. The van der Waals surface area contributed by atoms with Gasteiger partial charge in [0.05, 0.1) is 6.54 Å². The average molecular weight is 385 g/mol. The van der Waals surface area contributed by atoms with Crippen molar-refractivity contribution in [3.8, 4) is 5.82 Å². The van der Waals surface area contributed by atoms with Crippen LogP contribution in [0.3, 0.4) is 0 Å². The second kappa shape index (κ2) is 8.28. The van der Waals surface area contributed by atoms with E-state index in [2.05, 4.69) is 15.1 Å². The van der Waals surface area contributed by atoms with Crippen LogP contribution in [0.25, 0.3) is 5.82 Å². The molecule has 0 bridgehead atoms. The molecule has 0 atom stereocenters. The predicted octanol–water partition coefficient (Wildman–Crippen LogP) is 1.63. The molecule has 1 aliphatic heterocycles. The number of carbonyl (C=O) groups excluding carboxylic acids is 1. The lowest BCUT2D eigenvalue weighted by molar-refractivity contribution is 0.0186. The lowest BCUT2D eigenvalue weighted by Gasteiger charge is -2.36. The monoisotopic (exact) mass is 385 g/mol. The number of hydrogen-bond acceptors (Lipinski definition) is 5. The van der Waals surface area contributed by atoms with Crippen molar-refractivity contribution in [3.05, 3.63) is 42.4 Å². The van der Waals surface area contributed by atoms with E-state index < -0.39 is 5.60 Å². The molecule has 0 aromatic carbocycles. The van der Waals surface area contributed by atoms with E-state index in [0.29, 0.717) is 38.7 Å². The summed E-state index contributed by atoms with van der Waals surface area (Å²) in [5.74, 6) is 1.21. The number of guanidine groups is 1. The SMILES string of the molecule is CC(C)(C)OC(=O)N1CCN(C(N)=NCc2ccnc(-n3cccn3)c2)CC1. The number of aliphatic imine (C=N–C) groups is 1. The third kappa shape index (κ3) is 5.21. The molecule has 9 nitrogen and oxygen atoms in total. The van der Waals surface area contributed by atoms with E-state index in [1.807, 2.05) is 50.1 Å². The highest BCUT2D eigenvalue weighted by Crippen LogP contribution is 2.12. The Morgan fingerprint density at radius 3 is 2.57 bits per heavy atom. The van der Waals surface area contributed by atoms with Gasteiger partial charge in [0.15, 0.2) is 11.8 Å². The zero-order chi connectivity index (χ0) is 20.1. The number of pyridine rings is 1. The molecule has 2 aromatic rings. The number of carbonyl (C=O) groups is 1. The van der Waals surface area contributed by atoms with Gasteiger partial charge in [0.25, 0.3) is 0 Å². The predicted molar refractivity (Wildman–Crippen MR) is 106 cm³/mol. The van der Waals surface area contributed by atoms with Gasteiger partial charge >= 0.3 is 6.09 Å². The maximum absolute atomic E-state index is 12.1. The number of amides is 1. The molecular formula is C19H27N7O2. The minimum absolute atomic E-state index is 0.286. The van der Waals surface area contributed by atoms with Crippen LogP contribution in [-0.2, 0) is 11.3 Å². The van der Waals surface area contributed by atoms with Gasteiger partial charge in [-0.05, 0) is 44.5 Å². The van der Waals surface area contributed by atoms with Crippen molar-refractivity contribution < 1.29 is 9.53 Å². The zero-order valence-corrected chi connectivity index (χ0v) is 16.6. The van der Waals surface area contributed by atoms with Gasteiger partial charge in [0.2, 0.25) is 0 Å². The zero-order valence-electron chi connectivity index (χ0n) is 16.6. The fourth-order valence-electron chi connectivity index (χ4n) is 2.81. The molecule has 0 aliphatic carbocycles. The molecule has 1 aliphatic rings. The summed E-state index contributed by atoms with van der Waals surface area (Å²) in [5, 5.41) is 4.18. The largest absolute Gasteiger partial charge is 0.444 e. The first-order chi connectivity index (χ1) is 13.3. The third-order valence-corrected chi connectivity index (χ3v) is 4.23. The summed E-state index contributed by atoms with van der Waals surface area (Å²) in [4.78, 5) is 24.6. The lowest BCUT2D eigenvalue weighted by atomic mass is 10.2. The van der Waals surface area contributed by atoms with Crippen molar-refractivity contribution in [3.63, 3.8) is 0 Å². The van der Waals surface area contributed by atoms with Crippen LogP contribution in [0.4, 0.5) is 4.79 Å². The van der Waals surface area contributed by atoms with Crippen molar-refractivity contribution in [2.75, 3.05) is 26.2 Å². The van der Waals surface area contributed by atoms with Crippen LogP contribution in [0.15, 0.2) is 41.8 Å². The quantitative estimate of drug-likeness (QED) is 0.636. The molecule has 3 heterocycles. The number of nitrogens with two attached hydrogens (primary N) is 1. The minimum atomic E-state index is -0.492. The Labute approximate surface area is 164 Å². The molecule has 3 rings (SSSR count). The first-order valence-corrected chi connectivity index (χ1v) is 9.29. The molecule has 0 unspecified atom stereocenters. The van der Waals surface area contributed by atoms with Gasteiger partial charge in [-0.15, -0.1) is 0 Å². The molecule has 150 valence electrons. The highest BCUT2D eigenvalue weighted by atomic mass is 16.6. The summed E-state index contributed by atoms with van der Waals surface area (Å²) < 4.78 is 7.11. The standard InChI is InChI=1S/C19H27N7O2/c1-19(2,3)28-18(27)25-11-9-24(10-12-25)17(20)22-14-15-5-7-21-16(13-15)26-8-4-6-23-26/h4-8,13H,9-12,14H2,1-3H3,(H2,20,22). The maximum atomic E-state index is 12.1. The van der Waals surface area contributed by atoms with E-state index in [0.717, 1.165) is 11.4 Å². The highest BCUT2D eigenvalue weighted by Gasteiger charge is 2.26. The number of aromatic nitrogens is 3. The highest BCUT2D eigenvalue weighted by molar-refractivity contribution is 5.78. The van der Waals surface area contributed by atoms with Crippen molar-refractivity contribution in [2.24, 2.45) is 10.7 Å². The van der Waals surface area contributed by atoms with Crippen LogP contribution in [0, 0.1) is 0 Å². The minimum Gasteiger partial charge on any atom is -0.444 e. The second-order valence-electron chi connectivity index (χ2n) is 7.60. The number of ether oxygens (including phenoxy) is 1. The third-order valence-electron chi connectivity index (χ3n) is 4.23. The van der Waals surface area contributed by atoms with Gasteiger partial charge in [-0.2, -0.15) is 5.10 Å². The van der Waals surface area contributed by atoms with Crippen LogP contribution in [0.2, 0.25) is 0 Å². The molecule has 0 saturated carbocycles. The normalized spacial score (nSPS) is 15.6. The van der Waals surface area contributed by atoms with Crippen molar-refractivity contribution in [1.82, 2.24) is 24.6 Å². The van der Waals surface area contributed by atoms with Crippen LogP contribution in [0.5, 0.6) is 0 Å². The smallest absolute Gasteiger partial charge is 0.410 e. The maximum Gasteiger partial charge on any atom is 0.410 e. The van der Waals surface area contributed by atoms with Crippen LogP contribution >= 0.6 is 0 Å². The van der Waals surface area contributed by atoms with E-state index in [4.69, 9.17) is 10.5 Å². The van der Waals surface area contributed by atoms with Crippen LogP contribution in [0.1, 0.15) is 26.3 Å². The summed E-state index contributed by atoms with van der Waals surface area (Å²) in [6, 6.07) is 5.69. The first kappa shape index (κ1) is 19.7. The number of nitrogens with zero attached hydrogens (tertiary/aromatic N) is 6. The van der Waals surface area contributed by atoms with Gasteiger partial charge in [0.1, 0.15) is 5.60 Å². The summed E-state index contributed by atoms with van der Waals surface area (Å²) in [6.45, 7) is 8.42.